The number of carbonyl (C=O) groups is 1. The van der Waals surface area contributed by atoms with Gasteiger partial charge < -0.3 is 23.7 Å². The summed E-state index contributed by atoms with van der Waals surface area (Å²) in [5.74, 6) is 1.49. The predicted molar refractivity (Wildman–Crippen MR) is 181 cm³/mol. The second-order valence-electron chi connectivity index (χ2n) is 10.7. The van der Waals surface area contributed by atoms with Crippen molar-refractivity contribution in [1.82, 2.24) is 4.57 Å². The molecule has 0 saturated carbocycles. The highest BCUT2D eigenvalue weighted by molar-refractivity contribution is 9.10. The number of hydrogen-bond donors (Lipinski definition) is 0. The van der Waals surface area contributed by atoms with Gasteiger partial charge in [0, 0.05) is 10.0 Å². The molecule has 0 saturated heterocycles. The van der Waals surface area contributed by atoms with Crippen LogP contribution in [-0.2, 0) is 16.1 Å². The number of carbonyl (C=O) groups excluding carboxylic acids is 1. The summed E-state index contributed by atoms with van der Waals surface area (Å²) in [7, 11) is 3.12. The van der Waals surface area contributed by atoms with E-state index >= 15 is 0 Å². The normalized spacial score (nSPS) is 14.5. The first-order valence-corrected chi connectivity index (χ1v) is 16.3. The Labute approximate surface area is 279 Å². The Bertz CT molecular complexity index is 1960. The first-order chi connectivity index (χ1) is 22.1. The highest BCUT2D eigenvalue weighted by atomic mass is 79.9. The largest absolute Gasteiger partial charge is 0.493 e. The summed E-state index contributed by atoms with van der Waals surface area (Å²) in [5.41, 5.74) is 2.69. The lowest BCUT2D eigenvalue weighted by molar-refractivity contribution is -0.139. The summed E-state index contributed by atoms with van der Waals surface area (Å²) in [6.07, 6.45) is 1.69. The smallest absolute Gasteiger partial charge is 0.338 e. The molecule has 0 aliphatic carbocycles. The number of benzene rings is 3. The standard InChI is InChI=1S/C35H35BrN2O7S/c1-7-43-34(40)30-21(4)37-35-38(31(30)23-13-14-26(45-20(2)3)27(16-23)41-5)33(39)29(46-35)17-24-15-25(36)18-28(42-6)32(24)44-19-22-11-9-8-10-12-22/h8-18,20,31H,7,19H2,1-6H3/b29-17+/t31-/m1/s1. The summed E-state index contributed by atoms with van der Waals surface area (Å²) in [4.78, 5) is 32.8. The zero-order chi connectivity index (χ0) is 33.0. The molecule has 11 heteroatoms. The number of fused-ring (bicyclic) bond motifs is 1. The molecule has 0 bridgehead atoms. The van der Waals surface area contributed by atoms with Crippen LogP contribution in [-0.4, -0.2) is 37.5 Å². The molecule has 2 heterocycles. The van der Waals surface area contributed by atoms with Gasteiger partial charge in [0.05, 0.1) is 48.8 Å². The molecule has 0 fully saturated rings. The summed E-state index contributed by atoms with van der Waals surface area (Å²) in [6.45, 7) is 7.82. The molecule has 1 aliphatic rings. The number of thiazole rings is 1. The second-order valence-corrected chi connectivity index (χ2v) is 12.6. The molecule has 0 spiro atoms. The molecule has 9 nitrogen and oxygen atoms in total. The minimum Gasteiger partial charge on any atom is -0.493 e. The van der Waals surface area contributed by atoms with E-state index in [0.29, 0.717) is 55.8 Å². The van der Waals surface area contributed by atoms with E-state index in [2.05, 4.69) is 15.9 Å². The number of halogens is 1. The van der Waals surface area contributed by atoms with Crippen molar-refractivity contribution in [3.05, 3.63) is 113 Å². The SMILES string of the molecule is CCOC(=O)C1=C(C)N=c2s/c(=C/c3cc(Br)cc(OC)c3OCc3ccccc3)c(=O)n2[C@@H]1c1ccc(OC(C)C)c(OC)c1. The van der Waals surface area contributed by atoms with E-state index in [9.17, 15) is 9.59 Å². The number of aromatic nitrogens is 1. The number of hydrogen-bond acceptors (Lipinski definition) is 9. The molecular weight excluding hydrogens is 672 g/mol. The lowest BCUT2D eigenvalue weighted by Gasteiger charge is -2.25. The highest BCUT2D eigenvalue weighted by Crippen LogP contribution is 2.38. The Hall–Kier alpha value is -4.35. The Balaban J connectivity index is 1.68. The maximum absolute atomic E-state index is 14.3. The van der Waals surface area contributed by atoms with Crippen molar-refractivity contribution in [3.8, 4) is 23.0 Å². The molecule has 0 amide bonds. The van der Waals surface area contributed by atoms with Crippen molar-refractivity contribution in [3.63, 3.8) is 0 Å². The Morgan fingerprint density at radius 2 is 1.78 bits per heavy atom. The predicted octanol–water partition coefficient (Wildman–Crippen LogP) is 5.94. The Kier molecular flexibility index (Phi) is 10.3. The van der Waals surface area contributed by atoms with Crippen LogP contribution in [0.2, 0.25) is 0 Å². The minimum absolute atomic E-state index is 0.0760. The van der Waals surface area contributed by atoms with Gasteiger partial charge in [0.15, 0.2) is 27.8 Å². The fourth-order valence-electron chi connectivity index (χ4n) is 5.19. The number of rotatable bonds is 11. The van der Waals surface area contributed by atoms with Gasteiger partial charge in [-0.15, -0.1) is 0 Å². The van der Waals surface area contributed by atoms with Crippen LogP contribution in [0.1, 0.15) is 50.4 Å². The lowest BCUT2D eigenvalue weighted by atomic mass is 9.95. The maximum atomic E-state index is 14.3. The van der Waals surface area contributed by atoms with Crippen LogP contribution in [0, 0.1) is 0 Å². The van der Waals surface area contributed by atoms with Crippen LogP contribution >= 0.6 is 27.3 Å². The van der Waals surface area contributed by atoms with Gasteiger partial charge in [0.25, 0.3) is 5.56 Å². The minimum atomic E-state index is -0.815. The summed E-state index contributed by atoms with van der Waals surface area (Å²) >= 11 is 4.78. The van der Waals surface area contributed by atoms with Crippen LogP contribution in [0.15, 0.2) is 86.2 Å². The van der Waals surface area contributed by atoms with Crippen molar-refractivity contribution >= 4 is 39.3 Å². The average molecular weight is 708 g/mol. The van der Waals surface area contributed by atoms with E-state index in [0.717, 1.165) is 10.0 Å². The summed E-state index contributed by atoms with van der Waals surface area (Å²) in [6, 6.07) is 18.1. The van der Waals surface area contributed by atoms with Crippen molar-refractivity contribution in [2.45, 2.75) is 46.4 Å². The average Bonchev–Trinajstić information content (AvgIpc) is 3.33. The molecular formula is C35H35BrN2O7S. The molecule has 0 radical (unpaired) electrons. The van der Waals surface area contributed by atoms with Crippen LogP contribution in [0.25, 0.3) is 6.08 Å². The number of methoxy groups -OCH3 is 2. The molecule has 0 N–H and O–H groups in total. The maximum Gasteiger partial charge on any atom is 0.338 e. The third-order valence-electron chi connectivity index (χ3n) is 7.16. The summed E-state index contributed by atoms with van der Waals surface area (Å²) < 4.78 is 31.6. The van der Waals surface area contributed by atoms with Gasteiger partial charge in [-0.05, 0) is 69.2 Å². The third kappa shape index (κ3) is 6.90. The zero-order valence-corrected chi connectivity index (χ0v) is 28.9. The fraction of sp³-hybridized carbons (Fsp3) is 0.286. The van der Waals surface area contributed by atoms with E-state index in [-0.39, 0.29) is 23.8 Å². The first-order valence-electron chi connectivity index (χ1n) is 14.7. The van der Waals surface area contributed by atoms with Gasteiger partial charge in [0.2, 0.25) is 0 Å². The zero-order valence-electron chi connectivity index (χ0n) is 26.5. The van der Waals surface area contributed by atoms with Gasteiger partial charge in [-0.25, -0.2) is 9.79 Å². The molecule has 0 unspecified atom stereocenters. The van der Waals surface area contributed by atoms with Crippen LogP contribution in [0.3, 0.4) is 0 Å². The van der Waals surface area contributed by atoms with E-state index in [1.165, 1.54) is 15.9 Å². The second kappa shape index (κ2) is 14.4. The Morgan fingerprint density at radius 3 is 2.46 bits per heavy atom. The van der Waals surface area contributed by atoms with E-state index < -0.39 is 12.0 Å². The molecule has 1 atom stereocenters. The highest BCUT2D eigenvalue weighted by Gasteiger charge is 2.34. The molecule has 5 rings (SSSR count). The van der Waals surface area contributed by atoms with Gasteiger partial charge >= 0.3 is 5.97 Å². The lowest BCUT2D eigenvalue weighted by Crippen LogP contribution is -2.40. The Morgan fingerprint density at radius 1 is 1.04 bits per heavy atom. The van der Waals surface area contributed by atoms with Crippen LogP contribution < -0.4 is 33.8 Å². The van der Waals surface area contributed by atoms with Crippen LogP contribution in [0.5, 0.6) is 23.0 Å². The van der Waals surface area contributed by atoms with Crippen molar-refractivity contribution in [1.29, 1.82) is 0 Å². The number of ether oxygens (including phenoxy) is 5. The topological polar surface area (TPSA) is 97.6 Å². The van der Waals surface area contributed by atoms with Gasteiger partial charge in [-0.2, -0.15) is 0 Å². The van der Waals surface area contributed by atoms with Gasteiger partial charge in [0.1, 0.15) is 6.61 Å². The number of esters is 1. The number of nitrogens with zero attached hydrogens (tertiary/aromatic N) is 2. The molecule has 1 aliphatic heterocycles. The van der Waals surface area contributed by atoms with E-state index in [1.807, 2.05) is 62.4 Å². The van der Waals surface area contributed by atoms with E-state index in [4.69, 9.17) is 28.7 Å². The monoisotopic (exact) mass is 706 g/mol. The molecule has 240 valence electrons. The third-order valence-corrected chi connectivity index (χ3v) is 8.60. The van der Waals surface area contributed by atoms with Crippen LogP contribution in [0.4, 0.5) is 0 Å². The van der Waals surface area contributed by atoms with Gasteiger partial charge in [-0.3, -0.25) is 9.36 Å². The van der Waals surface area contributed by atoms with Crippen molar-refractivity contribution in [2.24, 2.45) is 4.99 Å². The van der Waals surface area contributed by atoms with Crippen molar-refractivity contribution < 1.29 is 28.5 Å². The number of allylic oxidation sites excluding steroid dienone is 1. The first kappa shape index (κ1) is 33.0. The molecule has 4 aromatic rings. The van der Waals surface area contributed by atoms with E-state index in [1.54, 1.807) is 46.3 Å². The molecule has 46 heavy (non-hydrogen) atoms. The molecule has 1 aromatic heterocycles. The fourth-order valence-corrected chi connectivity index (χ4v) is 6.68. The van der Waals surface area contributed by atoms with Crippen molar-refractivity contribution in [2.75, 3.05) is 20.8 Å². The quantitative estimate of drug-likeness (QED) is 0.178. The van der Waals surface area contributed by atoms with Gasteiger partial charge in [-0.1, -0.05) is 63.7 Å². The molecule has 3 aromatic carbocycles. The summed E-state index contributed by atoms with van der Waals surface area (Å²) in [5, 5.41) is 0.